The minimum atomic E-state index is -4.36. The maximum Gasteiger partial charge on any atom is 0.416 e. The Morgan fingerprint density at radius 1 is 1.32 bits per heavy atom. The van der Waals surface area contributed by atoms with E-state index in [1.807, 2.05) is 13.8 Å². The molecule has 1 fully saturated rings. The predicted molar refractivity (Wildman–Crippen MR) is 83.5 cm³/mol. The van der Waals surface area contributed by atoms with Gasteiger partial charge in [-0.25, -0.2) is 0 Å². The molecular formula is C16H18F3NOS. The van der Waals surface area contributed by atoms with Crippen molar-refractivity contribution in [3.05, 3.63) is 35.4 Å². The molecule has 1 unspecified atom stereocenters. The lowest BCUT2D eigenvalue weighted by Crippen LogP contribution is -2.12. The molecule has 1 aliphatic heterocycles. The highest BCUT2D eigenvalue weighted by Gasteiger charge is 2.32. The Balaban J connectivity index is 2.40. The van der Waals surface area contributed by atoms with Crippen LogP contribution in [0.4, 0.5) is 13.2 Å². The number of rotatable bonds is 2. The number of halogens is 3. The van der Waals surface area contributed by atoms with Crippen LogP contribution in [0.5, 0.6) is 0 Å². The van der Waals surface area contributed by atoms with Crippen molar-refractivity contribution >= 4 is 22.6 Å². The summed E-state index contributed by atoms with van der Waals surface area (Å²) in [6.45, 7) is 3.84. The van der Waals surface area contributed by atoms with Gasteiger partial charge in [0.25, 0.3) is 0 Å². The third-order valence-electron chi connectivity index (χ3n) is 3.39. The van der Waals surface area contributed by atoms with Crippen LogP contribution in [0.3, 0.4) is 0 Å². The molecule has 2 rings (SSSR count). The van der Waals surface area contributed by atoms with Gasteiger partial charge in [-0.15, -0.1) is 11.8 Å². The van der Waals surface area contributed by atoms with Crippen molar-refractivity contribution < 1.29 is 18.0 Å². The smallest absolute Gasteiger partial charge is 0.299 e. The molecular weight excluding hydrogens is 311 g/mol. The van der Waals surface area contributed by atoms with Crippen LogP contribution in [0, 0.1) is 0 Å². The van der Waals surface area contributed by atoms with Crippen molar-refractivity contribution in [3.63, 3.8) is 0 Å². The standard InChI is InChI=1S/C16H18F3NOS/c1-10(2)20-15-14(7-6-13(21)9-22-15)11-4-3-5-12(8-11)16(17,18)19/h3-5,8,10,14H,6-7,9H2,1-2H3. The van der Waals surface area contributed by atoms with Crippen molar-refractivity contribution in [1.29, 1.82) is 0 Å². The Morgan fingerprint density at radius 2 is 2.05 bits per heavy atom. The van der Waals surface area contributed by atoms with Gasteiger partial charge in [0.15, 0.2) is 0 Å². The summed E-state index contributed by atoms with van der Waals surface area (Å²) in [6.07, 6.45) is -3.47. The van der Waals surface area contributed by atoms with E-state index < -0.39 is 11.7 Å². The molecule has 0 amide bonds. The molecule has 0 aliphatic carbocycles. The summed E-state index contributed by atoms with van der Waals surface area (Å²) in [5, 5.41) is 0.764. The maximum absolute atomic E-state index is 12.9. The Morgan fingerprint density at radius 3 is 2.68 bits per heavy atom. The van der Waals surface area contributed by atoms with Crippen LogP contribution in [0.2, 0.25) is 0 Å². The fourth-order valence-electron chi connectivity index (χ4n) is 2.38. The number of hydrogen-bond donors (Lipinski definition) is 0. The first-order valence-corrected chi connectivity index (χ1v) is 8.15. The number of alkyl halides is 3. The molecule has 0 bridgehead atoms. The molecule has 1 aromatic carbocycles. The lowest BCUT2D eigenvalue weighted by atomic mass is 9.93. The van der Waals surface area contributed by atoms with Crippen molar-refractivity contribution in [3.8, 4) is 0 Å². The van der Waals surface area contributed by atoms with Crippen molar-refractivity contribution in [2.75, 3.05) is 5.75 Å². The number of benzene rings is 1. The number of aliphatic imine (C=N–C) groups is 1. The molecule has 1 aliphatic rings. The molecule has 22 heavy (non-hydrogen) atoms. The number of nitrogens with zero attached hydrogens (tertiary/aromatic N) is 1. The van der Waals surface area contributed by atoms with Gasteiger partial charge in [-0.3, -0.25) is 9.79 Å². The van der Waals surface area contributed by atoms with Gasteiger partial charge < -0.3 is 0 Å². The molecule has 120 valence electrons. The zero-order valence-electron chi connectivity index (χ0n) is 12.5. The van der Waals surface area contributed by atoms with E-state index >= 15 is 0 Å². The minimum Gasteiger partial charge on any atom is -0.299 e. The van der Waals surface area contributed by atoms with E-state index in [9.17, 15) is 18.0 Å². The first-order chi connectivity index (χ1) is 10.3. The molecule has 1 atom stereocenters. The van der Waals surface area contributed by atoms with Crippen LogP contribution >= 0.6 is 11.8 Å². The van der Waals surface area contributed by atoms with Gasteiger partial charge in [-0.05, 0) is 31.9 Å². The van der Waals surface area contributed by atoms with E-state index in [4.69, 9.17) is 0 Å². The number of thioether (sulfide) groups is 1. The molecule has 0 radical (unpaired) electrons. The van der Waals surface area contributed by atoms with E-state index in [1.165, 1.54) is 23.9 Å². The van der Waals surface area contributed by atoms with Crippen LogP contribution in [0.15, 0.2) is 29.3 Å². The van der Waals surface area contributed by atoms with Crippen molar-refractivity contribution in [1.82, 2.24) is 0 Å². The lowest BCUT2D eigenvalue weighted by molar-refractivity contribution is -0.137. The van der Waals surface area contributed by atoms with Crippen LogP contribution in [-0.2, 0) is 11.0 Å². The van der Waals surface area contributed by atoms with Gasteiger partial charge in [-0.1, -0.05) is 18.2 Å². The van der Waals surface area contributed by atoms with E-state index in [-0.39, 0.29) is 17.7 Å². The van der Waals surface area contributed by atoms with Gasteiger partial charge in [-0.2, -0.15) is 13.2 Å². The number of hydrogen-bond acceptors (Lipinski definition) is 3. The molecule has 6 heteroatoms. The summed E-state index contributed by atoms with van der Waals surface area (Å²) in [5.41, 5.74) is -0.0779. The minimum absolute atomic E-state index is 0.0454. The average Bonchev–Trinajstić information content (AvgIpc) is 2.60. The van der Waals surface area contributed by atoms with E-state index in [1.54, 1.807) is 6.07 Å². The van der Waals surface area contributed by atoms with Crippen molar-refractivity contribution in [2.45, 2.75) is 44.8 Å². The second-order valence-electron chi connectivity index (χ2n) is 5.60. The van der Waals surface area contributed by atoms with Crippen LogP contribution in [0.25, 0.3) is 0 Å². The third-order valence-corrected chi connectivity index (χ3v) is 4.54. The summed E-state index contributed by atoms with van der Waals surface area (Å²) >= 11 is 1.36. The summed E-state index contributed by atoms with van der Waals surface area (Å²) in [5.74, 6) is 0.234. The number of carbonyl (C=O) groups excluding carboxylic acids is 1. The monoisotopic (exact) mass is 329 g/mol. The van der Waals surface area contributed by atoms with Gasteiger partial charge in [0.1, 0.15) is 5.78 Å². The molecule has 0 aromatic heterocycles. The third kappa shape index (κ3) is 4.35. The SMILES string of the molecule is CC(C)N=C1SCC(=O)CCC1c1cccc(C(F)(F)F)c1. The van der Waals surface area contributed by atoms with Gasteiger partial charge in [0, 0.05) is 18.4 Å². The fourth-order valence-corrected chi connectivity index (χ4v) is 3.57. The molecule has 2 nitrogen and oxygen atoms in total. The predicted octanol–water partition coefficient (Wildman–Crippen LogP) is 4.69. The normalized spacial score (nSPS) is 22.2. The topological polar surface area (TPSA) is 29.4 Å². The Hall–Kier alpha value is -1.30. The largest absolute Gasteiger partial charge is 0.416 e. The first kappa shape index (κ1) is 17.1. The summed E-state index contributed by atoms with van der Waals surface area (Å²) < 4.78 is 38.7. The van der Waals surface area contributed by atoms with Crippen LogP contribution in [-0.4, -0.2) is 22.6 Å². The van der Waals surface area contributed by atoms with Crippen LogP contribution in [0.1, 0.15) is 43.7 Å². The summed E-state index contributed by atoms with van der Waals surface area (Å²) in [6, 6.07) is 5.40. The molecule has 1 saturated heterocycles. The van der Waals surface area contributed by atoms with Gasteiger partial charge in [0.05, 0.1) is 16.4 Å². The first-order valence-electron chi connectivity index (χ1n) is 7.16. The zero-order chi connectivity index (χ0) is 16.3. The zero-order valence-corrected chi connectivity index (χ0v) is 13.3. The Labute approximate surface area is 132 Å². The molecule has 0 N–H and O–H groups in total. The molecule has 1 heterocycles. The summed E-state index contributed by atoms with van der Waals surface area (Å²) in [4.78, 5) is 16.2. The summed E-state index contributed by atoms with van der Waals surface area (Å²) in [7, 11) is 0. The highest BCUT2D eigenvalue weighted by atomic mass is 32.2. The molecule has 1 aromatic rings. The number of carbonyl (C=O) groups is 1. The van der Waals surface area contributed by atoms with E-state index in [0.717, 1.165) is 11.1 Å². The lowest BCUT2D eigenvalue weighted by Gasteiger charge is -2.19. The average molecular weight is 329 g/mol. The van der Waals surface area contributed by atoms with Gasteiger partial charge in [0.2, 0.25) is 0 Å². The number of Topliss-reactive ketones (excluding diaryl/α,β-unsaturated/α-hetero) is 1. The highest BCUT2D eigenvalue weighted by molar-refractivity contribution is 8.14. The van der Waals surface area contributed by atoms with Gasteiger partial charge >= 0.3 is 6.18 Å². The van der Waals surface area contributed by atoms with Crippen LogP contribution < -0.4 is 0 Å². The second-order valence-corrected chi connectivity index (χ2v) is 6.60. The number of ketones is 1. The highest BCUT2D eigenvalue weighted by Crippen LogP contribution is 2.36. The Bertz CT molecular complexity index is 581. The van der Waals surface area contributed by atoms with Crippen molar-refractivity contribution in [2.24, 2.45) is 4.99 Å². The fraction of sp³-hybridized carbons (Fsp3) is 0.500. The van der Waals surface area contributed by atoms with E-state index in [2.05, 4.69) is 4.99 Å². The Kier molecular flexibility index (Phi) is 5.32. The second kappa shape index (κ2) is 6.86. The molecule has 0 saturated carbocycles. The van der Waals surface area contributed by atoms with E-state index in [0.29, 0.717) is 24.2 Å². The maximum atomic E-state index is 12.9. The quantitative estimate of drug-likeness (QED) is 0.787. The molecule has 0 spiro atoms.